The lowest BCUT2D eigenvalue weighted by molar-refractivity contribution is 0.0595. The second-order valence-electron chi connectivity index (χ2n) is 3.23. The van der Waals surface area contributed by atoms with Crippen LogP contribution in [-0.4, -0.2) is 28.3 Å². The predicted octanol–water partition coefficient (Wildman–Crippen LogP) is 2.01. The van der Waals surface area contributed by atoms with E-state index in [1.165, 1.54) is 30.6 Å². The van der Waals surface area contributed by atoms with E-state index in [0.717, 1.165) is 0 Å². The molecule has 2 N–H and O–H groups in total. The van der Waals surface area contributed by atoms with Gasteiger partial charge in [-0.15, -0.1) is 11.3 Å². The van der Waals surface area contributed by atoms with Crippen LogP contribution < -0.4 is 0 Å². The maximum Gasteiger partial charge on any atom is 0.357 e. The molecule has 0 amide bonds. The second-order valence-corrected chi connectivity index (χ2v) is 4.09. The molecular weight excluding hydrogens is 242 g/mol. The lowest BCUT2D eigenvalue weighted by Gasteiger charge is -1.99. The summed E-state index contributed by atoms with van der Waals surface area (Å²) < 4.78 is 4.54. The quantitative estimate of drug-likeness (QED) is 0.630. The Morgan fingerprint density at radius 3 is 2.76 bits per heavy atom. The summed E-state index contributed by atoms with van der Waals surface area (Å²) >= 11 is 1.26. The molecule has 0 unspecified atom stereocenters. The van der Waals surface area contributed by atoms with Gasteiger partial charge in [-0.3, -0.25) is 0 Å². The summed E-state index contributed by atoms with van der Waals surface area (Å²) in [6.07, 6.45) is 0. The van der Waals surface area contributed by atoms with Gasteiger partial charge in [0.2, 0.25) is 0 Å². The highest BCUT2D eigenvalue weighted by Crippen LogP contribution is 2.31. The summed E-state index contributed by atoms with van der Waals surface area (Å²) in [7, 11) is 1.29. The van der Waals surface area contributed by atoms with Crippen LogP contribution in [0.25, 0.3) is 10.6 Å². The van der Waals surface area contributed by atoms with Crippen molar-refractivity contribution in [3.63, 3.8) is 0 Å². The molecule has 17 heavy (non-hydrogen) atoms. The molecule has 1 aromatic heterocycles. The minimum absolute atomic E-state index is 0.196. The van der Waals surface area contributed by atoms with Crippen LogP contribution in [0.3, 0.4) is 0 Å². The molecule has 0 bridgehead atoms. The van der Waals surface area contributed by atoms with E-state index in [2.05, 4.69) is 9.72 Å². The minimum Gasteiger partial charge on any atom is -0.504 e. The first-order chi connectivity index (χ1) is 8.11. The number of thiazole rings is 1. The molecule has 0 aliphatic heterocycles. The van der Waals surface area contributed by atoms with Gasteiger partial charge >= 0.3 is 5.97 Å². The molecule has 88 valence electrons. The lowest BCUT2D eigenvalue weighted by atomic mass is 10.2. The van der Waals surface area contributed by atoms with Crippen LogP contribution in [0.1, 0.15) is 10.5 Å². The lowest BCUT2D eigenvalue weighted by Crippen LogP contribution is -2.00. The Bertz CT molecular complexity index is 564. The molecule has 1 aromatic carbocycles. The topological polar surface area (TPSA) is 79.7 Å². The fourth-order valence-electron chi connectivity index (χ4n) is 1.26. The van der Waals surface area contributed by atoms with E-state index in [1.807, 2.05) is 0 Å². The Morgan fingerprint density at radius 2 is 2.12 bits per heavy atom. The molecule has 2 aromatic rings. The standard InChI is InChI=1S/C11H9NO4S/c1-16-11(15)7-5-17-10(12-7)6-2-3-8(13)9(14)4-6/h2-5,13-14H,1H3. The van der Waals surface area contributed by atoms with Gasteiger partial charge in [0.15, 0.2) is 17.2 Å². The monoisotopic (exact) mass is 251 g/mol. The fraction of sp³-hybridized carbons (Fsp3) is 0.0909. The van der Waals surface area contributed by atoms with E-state index >= 15 is 0 Å². The van der Waals surface area contributed by atoms with Gasteiger partial charge in [0.05, 0.1) is 7.11 Å². The van der Waals surface area contributed by atoms with Gasteiger partial charge in [-0.2, -0.15) is 0 Å². The zero-order valence-corrected chi connectivity index (χ0v) is 9.69. The minimum atomic E-state index is -0.504. The molecule has 0 aliphatic carbocycles. The summed E-state index contributed by atoms with van der Waals surface area (Å²) in [5.74, 6) is -0.925. The smallest absolute Gasteiger partial charge is 0.357 e. The number of hydrogen-bond donors (Lipinski definition) is 2. The SMILES string of the molecule is COC(=O)c1csc(-c2ccc(O)c(O)c2)n1. The molecule has 0 spiro atoms. The van der Waals surface area contributed by atoms with Gasteiger partial charge in [0, 0.05) is 10.9 Å². The maximum atomic E-state index is 11.2. The number of benzene rings is 1. The molecule has 0 aliphatic rings. The molecule has 0 saturated heterocycles. The zero-order chi connectivity index (χ0) is 12.4. The Morgan fingerprint density at radius 1 is 1.35 bits per heavy atom. The maximum absolute atomic E-state index is 11.2. The van der Waals surface area contributed by atoms with Crippen LogP contribution in [0.4, 0.5) is 0 Å². The molecule has 0 radical (unpaired) electrons. The van der Waals surface area contributed by atoms with Crippen molar-refractivity contribution in [1.82, 2.24) is 4.98 Å². The largest absolute Gasteiger partial charge is 0.504 e. The molecule has 0 fully saturated rings. The summed E-state index contributed by atoms with van der Waals surface area (Å²) in [5, 5.41) is 20.7. The summed E-state index contributed by atoms with van der Waals surface area (Å²) in [4.78, 5) is 15.3. The number of nitrogens with zero attached hydrogens (tertiary/aromatic N) is 1. The van der Waals surface area contributed by atoms with Crippen molar-refractivity contribution >= 4 is 17.3 Å². The first kappa shape index (κ1) is 11.4. The van der Waals surface area contributed by atoms with Crippen molar-refractivity contribution in [2.24, 2.45) is 0 Å². The number of phenolic OH excluding ortho intramolecular Hbond substituents is 2. The molecule has 0 saturated carbocycles. The summed E-state index contributed by atoms with van der Waals surface area (Å²) in [6.45, 7) is 0. The van der Waals surface area contributed by atoms with Crippen LogP contribution >= 0.6 is 11.3 Å². The van der Waals surface area contributed by atoms with Crippen LogP contribution in [0.15, 0.2) is 23.6 Å². The van der Waals surface area contributed by atoms with Crippen LogP contribution in [0.5, 0.6) is 11.5 Å². The summed E-state index contributed by atoms with van der Waals surface area (Å²) in [5.41, 5.74) is 0.848. The molecule has 1 heterocycles. The van der Waals surface area contributed by atoms with Gasteiger partial charge in [0.1, 0.15) is 5.01 Å². The van der Waals surface area contributed by atoms with E-state index in [-0.39, 0.29) is 17.2 Å². The highest BCUT2D eigenvalue weighted by Gasteiger charge is 2.12. The van der Waals surface area contributed by atoms with E-state index in [0.29, 0.717) is 10.6 Å². The van der Waals surface area contributed by atoms with Crippen molar-refractivity contribution in [3.05, 3.63) is 29.3 Å². The van der Waals surface area contributed by atoms with E-state index in [4.69, 9.17) is 0 Å². The molecule has 6 heteroatoms. The van der Waals surface area contributed by atoms with Crippen LogP contribution in [0, 0.1) is 0 Å². The third-order valence-corrected chi connectivity index (χ3v) is 3.01. The first-order valence-corrected chi connectivity index (χ1v) is 5.56. The normalized spacial score (nSPS) is 10.2. The van der Waals surface area contributed by atoms with Gasteiger partial charge in [-0.05, 0) is 18.2 Å². The van der Waals surface area contributed by atoms with E-state index in [9.17, 15) is 15.0 Å². The molecule has 0 atom stereocenters. The Hall–Kier alpha value is -2.08. The summed E-state index contributed by atoms with van der Waals surface area (Å²) in [6, 6.07) is 4.36. The predicted molar refractivity (Wildman–Crippen MR) is 62.2 cm³/mol. The Balaban J connectivity index is 2.37. The number of hydrogen-bond acceptors (Lipinski definition) is 6. The highest BCUT2D eigenvalue weighted by atomic mass is 32.1. The average molecular weight is 251 g/mol. The third kappa shape index (κ3) is 2.21. The number of esters is 1. The number of ether oxygens (including phenoxy) is 1. The number of carbonyl (C=O) groups excluding carboxylic acids is 1. The van der Waals surface area contributed by atoms with Crippen molar-refractivity contribution < 1.29 is 19.7 Å². The molecule has 2 rings (SSSR count). The third-order valence-electron chi connectivity index (χ3n) is 2.12. The number of aromatic nitrogens is 1. The van der Waals surface area contributed by atoms with Crippen LogP contribution in [0.2, 0.25) is 0 Å². The van der Waals surface area contributed by atoms with Gasteiger partial charge < -0.3 is 14.9 Å². The van der Waals surface area contributed by atoms with Crippen molar-refractivity contribution in [1.29, 1.82) is 0 Å². The number of aromatic hydroxyl groups is 2. The molecule has 5 nitrogen and oxygen atoms in total. The van der Waals surface area contributed by atoms with Crippen molar-refractivity contribution in [2.45, 2.75) is 0 Å². The highest BCUT2D eigenvalue weighted by molar-refractivity contribution is 7.13. The fourth-order valence-corrected chi connectivity index (χ4v) is 2.05. The number of rotatable bonds is 2. The average Bonchev–Trinajstić information content (AvgIpc) is 2.81. The second kappa shape index (κ2) is 4.42. The van der Waals surface area contributed by atoms with Crippen LogP contribution in [-0.2, 0) is 4.74 Å². The number of phenols is 2. The number of methoxy groups -OCH3 is 1. The molecular formula is C11H9NO4S. The van der Waals surface area contributed by atoms with Gasteiger partial charge in [-0.1, -0.05) is 0 Å². The van der Waals surface area contributed by atoms with Gasteiger partial charge in [-0.25, -0.2) is 9.78 Å². The van der Waals surface area contributed by atoms with Gasteiger partial charge in [0.25, 0.3) is 0 Å². The number of carbonyl (C=O) groups is 1. The van der Waals surface area contributed by atoms with Crippen molar-refractivity contribution in [2.75, 3.05) is 7.11 Å². The Labute approximate surface area is 101 Å². The first-order valence-electron chi connectivity index (χ1n) is 4.68. The van der Waals surface area contributed by atoms with E-state index < -0.39 is 5.97 Å². The Kier molecular flexibility index (Phi) is 2.97. The van der Waals surface area contributed by atoms with Crippen molar-refractivity contribution in [3.8, 4) is 22.1 Å². The van der Waals surface area contributed by atoms with E-state index in [1.54, 1.807) is 11.4 Å². The zero-order valence-electron chi connectivity index (χ0n) is 8.88.